The van der Waals surface area contributed by atoms with Gasteiger partial charge in [0, 0.05) is 17.7 Å². The molecular weight excluding hydrogens is 200 g/mol. The zero-order valence-electron chi connectivity index (χ0n) is 8.67. The molecule has 0 saturated heterocycles. The topological polar surface area (TPSA) is 43.4 Å². The largest absolute Gasteiger partial charge is 0.461 e. The van der Waals surface area contributed by atoms with Gasteiger partial charge in [-0.2, -0.15) is 0 Å². The summed E-state index contributed by atoms with van der Waals surface area (Å²) in [6.45, 7) is 7.27. The summed E-state index contributed by atoms with van der Waals surface area (Å²) < 4.78 is 4.82. The first kappa shape index (κ1) is 13.2. The Bertz CT molecular complexity index is 223. The monoisotopic (exact) mass is 216 g/mol. The van der Waals surface area contributed by atoms with E-state index in [1.165, 1.54) is 11.8 Å². The molecule has 0 N–H and O–H groups in total. The first-order valence-corrected chi connectivity index (χ1v) is 5.54. The second-order valence-corrected chi connectivity index (χ2v) is 4.04. The van der Waals surface area contributed by atoms with Crippen LogP contribution in [0.4, 0.5) is 0 Å². The predicted molar refractivity (Wildman–Crippen MR) is 58.1 cm³/mol. The molecule has 0 rings (SSSR count). The number of ether oxygens (including phenoxy) is 1. The molecule has 0 aliphatic rings. The third kappa shape index (κ3) is 6.71. The van der Waals surface area contributed by atoms with E-state index in [-0.39, 0.29) is 11.7 Å². The van der Waals surface area contributed by atoms with E-state index in [4.69, 9.17) is 4.74 Å². The van der Waals surface area contributed by atoms with E-state index in [9.17, 15) is 9.59 Å². The van der Waals surface area contributed by atoms with Crippen molar-refractivity contribution in [2.24, 2.45) is 0 Å². The maximum absolute atomic E-state index is 11.0. The molecule has 0 unspecified atom stereocenters. The first-order valence-electron chi connectivity index (χ1n) is 4.56. The molecule has 14 heavy (non-hydrogen) atoms. The molecule has 0 radical (unpaired) electrons. The normalized spacial score (nSPS) is 9.57. The number of hydrogen-bond acceptors (Lipinski definition) is 4. The summed E-state index contributed by atoms with van der Waals surface area (Å²) in [5, 5.41) is 0.152. The van der Waals surface area contributed by atoms with Gasteiger partial charge in [0.25, 0.3) is 0 Å². The van der Waals surface area contributed by atoms with Gasteiger partial charge in [-0.05, 0) is 13.3 Å². The van der Waals surface area contributed by atoms with Crippen molar-refractivity contribution in [3.05, 3.63) is 12.2 Å². The molecule has 0 aromatic heterocycles. The fraction of sp³-hybridized carbons (Fsp3) is 0.600. The lowest BCUT2D eigenvalue weighted by molar-refractivity contribution is -0.138. The van der Waals surface area contributed by atoms with Gasteiger partial charge in [0.1, 0.15) is 6.61 Å². The van der Waals surface area contributed by atoms with Crippen molar-refractivity contribution in [3.8, 4) is 0 Å². The molecule has 0 aromatic carbocycles. The molecule has 0 aliphatic heterocycles. The highest BCUT2D eigenvalue weighted by molar-refractivity contribution is 8.13. The fourth-order valence-corrected chi connectivity index (χ4v) is 1.43. The van der Waals surface area contributed by atoms with Gasteiger partial charge in [0.15, 0.2) is 5.12 Å². The van der Waals surface area contributed by atoms with Crippen LogP contribution < -0.4 is 0 Å². The number of carbonyl (C=O) groups is 2. The maximum atomic E-state index is 11.0. The average molecular weight is 216 g/mol. The van der Waals surface area contributed by atoms with Gasteiger partial charge in [-0.15, -0.1) is 0 Å². The van der Waals surface area contributed by atoms with E-state index in [1.807, 2.05) is 6.92 Å². The minimum Gasteiger partial charge on any atom is -0.461 e. The zero-order chi connectivity index (χ0) is 11.0. The summed E-state index contributed by atoms with van der Waals surface area (Å²) in [5.74, 6) is 0.131. The minimum absolute atomic E-state index is 0.152. The molecule has 4 heteroatoms. The van der Waals surface area contributed by atoms with Gasteiger partial charge in [0.05, 0.1) is 0 Å². The molecule has 0 amide bonds. The van der Waals surface area contributed by atoms with E-state index in [1.54, 1.807) is 6.92 Å². The Labute approximate surface area is 88.9 Å². The van der Waals surface area contributed by atoms with E-state index < -0.39 is 5.97 Å². The lowest BCUT2D eigenvalue weighted by Gasteiger charge is -2.02. The van der Waals surface area contributed by atoms with Crippen LogP contribution in [0.15, 0.2) is 12.2 Å². The molecule has 0 fully saturated rings. The van der Waals surface area contributed by atoms with Crippen LogP contribution in [-0.4, -0.2) is 23.4 Å². The smallest absolute Gasteiger partial charge is 0.333 e. The SMILES string of the molecule is C=C(C)C(=O)OCCSC(=O)CCC. The van der Waals surface area contributed by atoms with Crippen LogP contribution in [0.2, 0.25) is 0 Å². The predicted octanol–water partition coefficient (Wildman–Crippen LogP) is 2.17. The van der Waals surface area contributed by atoms with Crippen LogP contribution in [0.25, 0.3) is 0 Å². The Hall–Kier alpha value is -0.770. The Kier molecular flexibility index (Phi) is 7.20. The van der Waals surface area contributed by atoms with Crippen molar-refractivity contribution < 1.29 is 14.3 Å². The van der Waals surface area contributed by atoms with Gasteiger partial charge in [0.2, 0.25) is 0 Å². The van der Waals surface area contributed by atoms with Gasteiger partial charge in [-0.25, -0.2) is 4.79 Å². The number of carbonyl (C=O) groups excluding carboxylic acids is 2. The molecule has 80 valence electrons. The molecule has 0 atom stereocenters. The summed E-state index contributed by atoms with van der Waals surface area (Å²) in [4.78, 5) is 21.9. The van der Waals surface area contributed by atoms with E-state index in [2.05, 4.69) is 6.58 Å². The summed E-state index contributed by atoms with van der Waals surface area (Å²) in [5.41, 5.74) is 0.384. The molecule has 0 aromatic rings. The molecule has 0 heterocycles. The fourth-order valence-electron chi connectivity index (χ4n) is 0.689. The number of thioether (sulfide) groups is 1. The minimum atomic E-state index is -0.395. The summed E-state index contributed by atoms with van der Waals surface area (Å²) >= 11 is 1.21. The highest BCUT2D eigenvalue weighted by atomic mass is 32.2. The summed E-state index contributed by atoms with van der Waals surface area (Å²) in [6.07, 6.45) is 1.44. The van der Waals surface area contributed by atoms with Crippen molar-refractivity contribution in [2.45, 2.75) is 26.7 Å². The van der Waals surface area contributed by atoms with Gasteiger partial charge in [-0.3, -0.25) is 4.79 Å². The molecule has 3 nitrogen and oxygen atoms in total. The third-order valence-corrected chi connectivity index (χ3v) is 2.28. The molecule has 0 bridgehead atoms. The van der Waals surface area contributed by atoms with Crippen LogP contribution >= 0.6 is 11.8 Å². The van der Waals surface area contributed by atoms with Crippen LogP contribution in [0.3, 0.4) is 0 Å². The quantitative estimate of drug-likeness (QED) is 0.388. The van der Waals surface area contributed by atoms with Crippen molar-refractivity contribution in [3.63, 3.8) is 0 Å². The molecule has 0 saturated carbocycles. The standard InChI is InChI=1S/C10H16O3S/c1-4-5-9(11)14-7-6-13-10(12)8(2)3/h2,4-7H2,1,3H3. The molecular formula is C10H16O3S. The third-order valence-electron chi connectivity index (χ3n) is 1.38. The second kappa shape index (κ2) is 7.62. The molecule has 0 aliphatic carbocycles. The number of esters is 1. The summed E-state index contributed by atoms with van der Waals surface area (Å²) in [6, 6.07) is 0. The van der Waals surface area contributed by atoms with Crippen LogP contribution in [-0.2, 0) is 14.3 Å². The van der Waals surface area contributed by atoms with Gasteiger partial charge < -0.3 is 4.74 Å². The first-order chi connectivity index (χ1) is 6.57. The van der Waals surface area contributed by atoms with Crippen LogP contribution in [0, 0.1) is 0 Å². The maximum Gasteiger partial charge on any atom is 0.333 e. The van der Waals surface area contributed by atoms with Crippen molar-refractivity contribution in [1.29, 1.82) is 0 Å². The van der Waals surface area contributed by atoms with E-state index in [0.29, 0.717) is 17.7 Å². The van der Waals surface area contributed by atoms with Crippen LogP contribution in [0.1, 0.15) is 26.7 Å². The van der Waals surface area contributed by atoms with Gasteiger partial charge >= 0.3 is 5.97 Å². The summed E-state index contributed by atoms with van der Waals surface area (Å²) in [7, 11) is 0. The Balaban J connectivity index is 3.42. The molecule has 0 spiro atoms. The van der Waals surface area contributed by atoms with Crippen molar-refractivity contribution in [2.75, 3.05) is 12.4 Å². The van der Waals surface area contributed by atoms with Crippen LogP contribution in [0.5, 0.6) is 0 Å². The Morgan fingerprint density at radius 2 is 2.07 bits per heavy atom. The van der Waals surface area contributed by atoms with Crippen molar-refractivity contribution in [1.82, 2.24) is 0 Å². The zero-order valence-corrected chi connectivity index (χ0v) is 9.49. The number of rotatable bonds is 6. The Morgan fingerprint density at radius 1 is 1.43 bits per heavy atom. The highest BCUT2D eigenvalue weighted by Crippen LogP contribution is 2.07. The van der Waals surface area contributed by atoms with Gasteiger partial charge in [-0.1, -0.05) is 25.3 Å². The van der Waals surface area contributed by atoms with E-state index >= 15 is 0 Å². The highest BCUT2D eigenvalue weighted by Gasteiger charge is 2.04. The van der Waals surface area contributed by atoms with E-state index in [0.717, 1.165) is 6.42 Å². The average Bonchev–Trinajstić information content (AvgIpc) is 2.12. The van der Waals surface area contributed by atoms with Crippen molar-refractivity contribution >= 4 is 22.8 Å². The lowest BCUT2D eigenvalue weighted by Crippen LogP contribution is -2.08. The lowest BCUT2D eigenvalue weighted by atomic mass is 10.4. The number of hydrogen-bond donors (Lipinski definition) is 0. The Morgan fingerprint density at radius 3 is 2.57 bits per heavy atom. The second-order valence-electron chi connectivity index (χ2n) is 2.89.